The molecule has 15 heteroatoms. The Kier molecular flexibility index (Phi) is 9.63. The molecule has 300 valence electrons. The van der Waals surface area contributed by atoms with Crippen molar-refractivity contribution in [2.45, 2.75) is 57.2 Å². The van der Waals surface area contributed by atoms with Crippen LogP contribution in [0.25, 0.3) is 4.85 Å². The maximum Gasteiger partial charge on any atom is 0.262 e. The van der Waals surface area contributed by atoms with Gasteiger partial charge in [0.2, 0.25) is 17.5 Å². The van der Waals surface area contributed by atoms with Crippen molar-refractivity contribution in [3.63, 3.8) is 0 Å². The number of nitrogens with zero attached hydrogens (tertiary/aromatic N) is 7. The third-order valence-corrected chi connectivity index (χ3v) is 13.6. The molecule has 3 aromatic carbocycles. The molecule has 0 aromatic heterocycles. The van der Waals surface area contributed by atoms with Crippen molar-refractivity contribution in [2.24, 2.45) is 5.41 Å². The summed E-state index contributed by atoms with van der Waals surface area (Å²) in [6, 6.07) is 15.6. The van der Waals surface area contributed by atoms with Gasteiger partial charge >= 0.3 is 0 Å². The summed E-state index contributed by atoms with van der Waals surface area (Å²) in [6.45, 7) is 16.1. The van der Waals surface area contributed by atoms with Gasteiger partial charge < -0.3 is 19.6 Å². The topological polar surface area (TPSA) is 121 Å². The van der Waals surface area contributed by atoms with Crippen LogP contribution in [0.1, 0.15) is 70.1 Å². The summed E-state index contributed by atoms with van der Waals surface area (Å²) in [6.07, 6.45) is 3.33. The molecule has 2 atom stereocenters. The molecule has 1 spiro atoms. The third kappa shape index (κ3) is 6.63. The SMILES string of the molecule is [C-]#[N+]c1ccc(N2CC3(CCN(c4ccc(C(=O)N5CCN(C6CN(c7cc8c(cc7F)C(=O)N(C7CCC(=O)NC7=O)C8=O)C6)CC5)cc4)CC3)C[C@H]2C)cc1Cl. The minimum absolute atomic E-state index is 0.00868. The number of piperazine rings is 1. The lowest BCUT2D eigenvalue weighted by Crippen LogP contribution is -2.63. The van der Waals surface area contributed by atoms with E-state index in [0.717, 1.165) is 61.2 Å². The Balaban J connectivity index is 0.750. The van der Waals surface area contributed by atoms with E-state index in [1.807, 2.05) is 40.1 Å². The molecule has 0 radical (unpaired) electrons. The number of imide groups is 2. The molecule has 0 aliphatic carbocycles. The first-order valence-corrected chi connectivity index (χ1v) is 20.4. The number of piperidine rings is 2. The lowest BCUT2D eigenvalue weighted by atomic mass is 9.76. The largest absolute Gasteiger partial charge is 0.371 e. The van der Waals surface area contributed by atoms with Crippen LogP contribution in [0.3, 0.4) is 0 Å². The average molecular weight is 807 g/mol. The molecule has 0 bridgehead atoms. The van der Waals surface area contributed by atoms with Gasteiger partial charge in [0.1, 0.15) is 11.9 Å². The van der Waals surface area contributed by atoms with E-state index in [1.165, 1.54) is 6.07 Å². The number of fused-ring (bicyclic) bond motifs is 1. The summed E-state index contributed by atoms with van der Waals surface area (Å²) in [5, 5.41) is 2.67. The second-order valence-corrected chi connectivity index (χ2v) is 17.1. The predicted octanol–water partition coefficient (Wildman–Crippen LogP) is 4.96. The number of hydrogen-bond acceptors (Lipinski definition) is 9. The molecule has 5 saturated heterocycles. The minimum atomic E-state index is -1.11. The second-order valence-electron chi connectivity index (χ2n) is 16.6. The quantitative estimate of drug-likeness (QED) is 0.272. The van der Waals surface area contributed by atoms with Crippen molar-refractivity contribution in [3.05, 3.63) is 93.5 Å². The minimum Gasteiger partial charge on any atom is -0.371 e. The summed E-state index contributed by atoms with van der Waals surface area (Å²) in [5.74, 6) is -3.17. The van der Waals surface area contributed by atoms with Crippen molar-refractivity contribution in [2.75, 3.05) is 73.6 Å². The number of benzene rings is 3. The van der Waals surface area contributed by atoms with Gasteiger partial charge in [-0.1, -0.05) is 17.7 Å². The molecular formula is C43H44ClFN8O5. The van der Waals surface area contributed by atoms with Crippen LogP contribution in [0.2, 0.25) is 5.02 Å². The van der Waals surface area contributed by atoms with E-state index in [2.05, 4.69) is 43.9 Å². The van der Waals surface area contributed by atoms with Crippen LogP contribution in [0, 0.1) is 17.8 Å². The number of halogens is 2. The molecule has 58 heavy (non-hydrogen) atoms. The molecule has 9 rings (SSSR count). The number of nitrogens with one attached hydrogen (secondary N) is 1. The number of carbonyl (C=O) groups excluding carboxylic acids is 5. The number of rotatable bonds is 6. The molecule has 6 aliphatic rings. The van der Waals surface area contributed by atoms with Gasteiger partial charge in [0.15, 0.2) is 0 Å². The van der Waals surface area contributed by atoms with Crippen LogP contribution in [-0.4, -0.2) is 121 Å². The Morgan fingerprint density at radius 3 is 2.21 bits per heavy atom. The molecule has 6 heterocycles. The van der Waals surface area contributed by atoms with Gasteiger partial charge in [-0.3, -0.25) is 39.1 Å². The van der Waals surface area contributed by atoms with Crippen molar-refractivity contribution < 1.29 is 28.4 Å². The fourth-order valence-electron chi connectivity index (χ4n) is 9.92. The van der Waals surface area contributed by atoms with Gasteiger partial charge in [0.25, 0.3) is 17.7 Å². The summed E-state index contributed by atoms with van der Waals surface area (Å²) in [4.78, 5) is 79.2. The number of hydrogen-bond donors (Lipinski definition) is 1. The van der Waals surface area contributed by atoms with Crippen LogP contribution < -0.4 is 20.0 Å². The van der Waals surface area contributed by atoms with Crippen LogP contribution >= 0.6 is 11.6 Å². The van der Waals surface area contributed by atoms with Crippen molar-refractivity contribution >= 4 is 63.9 Å². The Bertz CT molecular complexity index is 2260. The second kappa shape index (κ2) is 14.7. The zero-order chi connectivity index (χ0) is 40.5. The highest BCUT2D eigenvalue weighted by Gasteiger charge is 2.47. The molecule has 1 unspecified atom stereocenters. The van der Waals surface area contributed by atoms with Crippen LogP contribution in [0.15, 0.2) is 54.6 Å². The Morgan fingerprint density at radius 1 is 0.879 bits per heavy atom. The van der Waals surface area contributed by atoms with E-state index in [-0.39, 0.29) is 47.0 Å². The van der Waals surface area contributed by atoms with Gasteiger partial charge in [-0.15, -0.1) is 0 Å². The Morgan fingerprint density at radius 2 is 1.55 bits per heavy atom. The van der Waals surface area contributed by atoms with Gasteiger partial charge in [0, 0.05) is 99.4 Å². The van der Waals surface area contributed by atoms with Gasteiger partial charge in [-0.25, -0.2) is 9.24 Å². The van der Waals surface area contributed by atoms with E-state index in [0.29, 0.717) is 61.6 Å². The normalized spacial score (nSPS) is 23.7. The van der Waals surface area contributed by atoms with Crippen LogP contribution in [-0.2, 0) is 9.59 Å². The molecular weight excluding hydrogens is 763 g/mol. The van der Waals surface area contributed by atoms with E-state index in [4.69, 9.17) is 18.2 Å². The van der Waals surface area contributed by atoms with E-state index < -0.39 is 35.5 Å². The fourth-order valence-corrected chi connectivity index (χ4v) is 10.1. The third-order valence-electron chi connectivity index (χ3n) is 13.3. The molecule has 5 fully saturated rings. The highest BCUT2D eigenvalue weighted by atomic mass is 35.5. The zero-order valence-corrected chi connectivity index (χ0v) is 33.0. The van der Waals surface area contributed by atoms with Crippen LogP contribution in [0.5, 0.6) is 0 Å². The molecule has 6 aliphatic heterocycles. The lowest BCUT2D eigenvalue weighted by Gasteiger charge is -2.49. The smallest absolute Gasteiger partial charge is 0.262 e. The zero-order valence-electron chi connectivity index (χ0n) is 32.3. The maximum atomic E-state index is 15.4. The molecule has 3 aromatic rings. The monoisotopic (exact) mass is 806 g/mol. The highest BCUT2D eigenvalue weighted by Crippen LogP contribution is 2.46. The van der Waals surface area contributed by atoms with Crippen LogP contribution in [0.4, 0.5) is 27.1 Å². The highest BCUT2D eigenvalue weighted by molar-refractivity contribution is 6.33. The molecule has 0 saturated carbocycles. The van der Waals surface area contributed by atoms with Crippen molar-refractivity contribution in [3.8, 4) is 0 Å². The molecule has 1 N–H and O–H groups in total. The number of carbonyl (C=O) groups is 5. The van der Waals surface area contributed by atoms with Crippen molar-refractivity contribution in [1.29, 1.82) is 0 Å². The summed E-state index contributed by atoms with van der Waals surface area (Å²) in [5.41, 5.74) is 3.79. The maximum absolute atomic E-state index is 15.4. The first kappa shape index (κ1) is 38.0. The fraction of sp³-hybridized carbons (Fsp3) is 0.442. The number of amides is 5. The van der Waals surface area contributed by atoms with E-state index >= 15 is 4.39 Å². The summed E-state index contributed by atoms with van der Waals surface area (Å²) < 4.78 is 15.4. The summed E-state index contributed by atoms with van der Waals surface area (Å²) >= 11 is 6.38. The van der Waals surface area contributed by atoms with E-state index in [1.54, 1.807) is 0 Å². The van der Waals surface area contributed by atoms with Gasteiger partial charge in [0.05, 0.1) is 23.4 Å². The summed E-state index contributed by atoms with van der Waals surface area (Å²) in [7, 11) is 0. The lowest BCUT2D eigenvalue weighted by molar-refractivity contribution is -0.136. The average Bonchev–Trinajstić information content (AvgIpc) is 3.65. The van der Waals surface area contributed by atoms with Gasteiger partial charge in [-0.2, -0.15) is 0 Å². The first-order valence-electron chi connectivity index (χ1n) is 20.0. The molecule has 13 nitrogen and oxygen atoms in total. The van der Waals surface area contributed by atoms with Crippen molar-refractivity contribution in [1.82, 2.24) is 20.0 Å². The Labute approximate surface area is 341 Å². The molecule has 5 amide bonds. The van der Waals surface area contributed by atoms with Gasteiger partial charge in [-0.05, 0) is 86.6 Å². The predicted molar refractivity (Wildman–Crippen MR) is 216 cm³/mol. The first-order chi connectivity index (χ1) is 27.9. The Hall–Kier alpha value is -5.52. The number of anilines is 3. The van der Waals surface area contributed by atoms with E-state index in [9.17, 15) is 24.0 Å². The standard InChI is InChI=1S/C43H44ClFN8O5/c1-26-22-43(25-52(26)29-7-8-35(46-2)33(44)19-29)11-13-48(14-12-43)28-5-3-27(4-6-28)40(56)50-17-15-49(16-18-50)30-23-51(24-30)37-21-32-31(20-34(37)45)41(57)53(42(32)58)36-9-10-38(54)47-39(36)55/h3-8,19-21,26,30,36H,9-18,22-25H2,1H3,(H,47,54,55)/t26-,36?/m1/s1.